The summed E-state index contributed by atoms with van der Waals surface area (Å²) in [5.74, 6) is 0.0893. The highest BCUT2D eigenvalue weighted by Gasteiger charge is 2.48. The summed E-state index contributed by atoms with van der Waals surface area (Å²) in [6.45, 7) is 2.80. The molecule has 0 saturated heterocycles. The Kier molecular flexibility index (Phi) is 5.00. The molecule has 1 aliphatic carbocycles. The second kappa shape index (κ2) is 7.18. The Morgan fingerprint density at radius 3 is 2.08 bits per heavy atom. The van der Waals surface area contributed by atoms with Crippen LogP contribution in [0.4, 0.5) is 0 Å². The Morgan fingerprint density at radius 1 is 0.958 bits per heavy atom. The van der Waals surface area contributed by atoms with E-state index >= 15 is 0 Å². The molecule has 2 N–H and O–H groups in total. The number of aliphatic hydroxyl groups excluding tert-OH is 1. The molecular weight excluding hydrogens is 298 g/mol. The summed E-state index contributed by atoms with van der Waals surface area (Å²) in [7, 11) is 0. The largest absolute Gasteiger partial charge is 0.396 e. The fourth-order valence-electron chi connectivity index (χ4n) is 3.94. The molecule has 0 radical (unpaired) electrons. The number of fused-ring (bicyclic) bond motifs is 3. The number of rotatable bonds is 7. The van der Waals surface area contributed by atoms with E-state index in [0.717, 1.165) is 36.8 Å². The number of benzene rings is 2. The van der Waals surface area contributed by atoms with E-state index in [1.54, 1.807) is 0 Å². The summed E-state index contributed by atoms with van der Waals surface area (Å²) in [6.07, 6.45) is 3.41. The molecule has 0 aromatic heterocycles. The van der Waals surface area contributed by atoms with Crippen LogP contribution in [0.15, 0.2) is 48.5 Å². The summed E-state index contributed by atoms with van der Waals surface area (Å²) in [6, 6.07) is 16.5. The maximum atomic E-state index is 13.2. The van der Waals surface area contributed by atoms with Crippen molar-refractivity contribution in [1.29, 1.82) is 0 Å². The number of likely N-dealkylation sites (N-methyl/N-ethyl adjacent to an activating group) is 1. The lowest BCUT2D eigenvalue weighted by molar-refractivity contribution is -0.125. The zero-order chi connectivity index (χ0) is 17.0. The van der Waals surface area contributed by atoms with Crippen LogP contribution in [0.1, 0.15) is 43.7 Å². The van der Waals surface area contributed by atoms with Crippen LogP contribution in [-0.2, 0) is 10.2 Å². The topological polar surface area (TPSA) is 49.3 Å². The van der Waals surface area contributed by atoms with Gasteiger partial charge in [0.2, 0.25) is 5.91 Å². The van der Waals surface area contributed by atoms with E-state index in [1.165, 1.54) is 11.1 Å². The van der Waals surface area contributed by atoms with Gasteiger partial charge in [-0.25, -0.2) is 0 Å². The van der Waals surface area contributed by atoms with Crippen molar-refractivity contribution in [1.82, 2.24) is 5.32 Å². The predicted molar refractivity (Wildman–Crippen MR) is 96.9 cm³/mol. The Labute approximate surface area is 143 Å². The number of aliphatic hydroxyl groups is 1. The molecule has 0 bridgehead atoms. The molecule has 0 unspecified atom stereocenters. The Balaban J connectivity index is 2.11. The lowest BCUT2D eigenvalue weighted by atomic mass is 9.73. The quantitative estimate of drug-likeness (QED) is 0.764. The first-order chi connectivity index (χ1) is 11.8. The van der Waals surface area contributed by atoms with Gasteiger partial charge >= 0.3 is 0 Å². The minimum absolute atomic E-state index is 0.0893. The molecule has 3 rings (SSSR count). The van der Waals surface area contributed by atoms with Gasteiger partial charge in [-0.05, 0) is 42.0 Å². The average molecular weight is 323 g/mol. The number of carbonyl (C=O) groups is 1. The SMILES string of the molecule is CCNC(=O)C1(CCCCCO)c2ccccc2-c2ccccc21. The van der Waals surface area contributed by atoms with Gasteiger partial charge in [0.1, 0.15) is 5.41 Å². The molecule has 0 aliphatic heterocycles. The van der Waals surface area contributed by atoms with Crippen LogP contribution in [0.25, 0.3) is 11.1 Å². The standard InChI is InChI=1S/C21H25NO2/c1-2-22-20(24)21(14-8-3-9-15-23)18-12-6-4-10-16(18)17-11-5-7-13-19(17)21/h4-7,10-13,23H,2-3,8-9,14-15H2,1H3,(H,22,24). The summed E-state index contributed by atoms with van der Waals surface area (Å²) in [5.41, 5.74) is 3.95. The van der Waals surface area contributed by atoms with Crippen molar-refractivity contribution in [2.45, 2.75) is 38.0 Å². The zero-order valence-corrected chi connectivity index (χ0v) is 14.2. The molecule has 0 fully saturated rings. The second-order valence-electron chi connectivity index (χ2n) is 6.39. The molecule has 0 atom stereocenters. The Bertz CT molecular complexity index is 678. The Morgan fingerprint density at radius 2 is 1.54 bits per heavy atom. The van der Waals surface area contributed by atoms with E-state index in [9.17, 15) is 4.79 Å². The molecule has 2 aromatic rings. The second-order valence-corrected chi connectivity index (χ2v) is 6.39. The summed E-state index contributed by atoms with van der Waals surface area (Å²) in [5, 5.41) is 12.1. The smallest absolute Gasteiger partial charge is 0.235 e. The van der Waals surface area contributed by atoms with Crippen LogP contribution in [0, 0.1) is 0 Å². The van der Waals surface area contributed by atoms with Gasteiger partial charge < -0.3 is 10.4 Å². The van der Waals surface area contributed by atoms with E-state index < -0.39 is 5.41 Å². The van der Waals surface area contributed by atoms with Crippen LogP contribution >= 0.6 is 0 Å². The monoisotopic (exact) mass is 323 g/mol. The first-order valence-corrected chi connectivity index (χ1v) is 8.84. The maximum absolute atomic E-state index is 13.2. The molecule has 126 valence electrons. The molecule has 3 heteroatoms. The highest BCUT2D eigenvalue weighted by atomic mass is 16.2. The molecule has 1 aliphatic rings. The van der Waals surface area contributed by atoms with E-state index in [4.69, 9.17) is 5.11 Å². The van der Waals surface area contributed by atoms with Gasteiger partial charge in [0.05, 0.1) is 0 Å². The van der Waals surface area contributed by atoms with Crippen LogP contribution in [0.5, 0.6) is 0 Å². The van der Waals surface area contributed by atoms with Gasteiger partial charge in [-0.3, -0.25) is 4.79 Å². The average Bonchev–Trinajstić information content (AvgIpc) is 2.91. The third-order valence-corrected chi connectivity index (χ3v) is 5.00. The molecular formula is C21H25NO2. The highest BCUT2D eigenvalue weighted by molar-refractivity contribution is 6.00. The van der Waals surface area contributed by atoms with E-state index in [2.05, 4.69) is 29.6 Å². The van der Waals surface area contributed by atoms with Crippen LogP contribution in [0.2, 0.25) is 0 Å². The predicted octanol–water partition coefficient (Wildman–Crippen LogP) is 3.64. The zero-order valence-electron chi connectivity index (χ0n) is 14.2. The van der Waals surface area contributed by atoms with Crippen molar-refractivity contribution < 1.29 is 9.90 Å². The molecule has 3 nitrogen and oxygen atoms in total. The molecule has 1 amide bonds. The van der Waals surface area contributed by atoms with E-state index in [0.29, 0.717) is 6.54 Å². The van der Waals surface area contributed by atoms with Crippen molar-refractivity contribution in [3.05, 3.63) is 59.7 Å². The van der Waals surface area contributed by atoms with E-state index in [-0.39, 0.29) is 12.5 Å². The normalized spacial score (nSPS) is 14.1. The van der Waals surface area contributed by atoms with Crippen molar-refractivity contribution >= 4 is 5.91 Å². The van der Waals surface area contributed by atoms with E-state index in [1.807, 2.05) is 31.2 Å². The summed E-state index contributed by atoms with van der Waals surface area (Å²) >= 11 is 0. The third-order valence-electron chi connectivity index (χ3n) is 5.00. The van der Waals surface area contributed by atoms with Gasteiger partial charge in [-0.2, -0.15) is 0 Å². The van der Waals surface area contributed by atoms with Gasteiger partial charge in [0, 0.05) is 13.2 Å². The first-order valence-electron chi connectivity index (χ1n) is 8.84. The van der Waals surface area contributed by atoms with Crippen molar-refractivity contribution in [3.8, 4) is 11.1 Å². The minimum atomic E-state index is -0.612. The number of nitrogens with one attached hydrogen (secondary N) is 1. The molecule has 0 spiro atoms. The van der Waals surface area contributed by atoms with Crippen LogP contribution < -0.4 is 5.32 Å². The van der Waals surface area contributed by atoms with Crippen LogP contribution in [-0.4, -0.2) is 24.2 Å². The number of amides is 1. The Hall–Kier alpha value is -2.13. The maximum Gasteiger partial charge on any atom is 0.235 e. The lowest BCUT2D eigenvalue weighted by Crippen LogP contribution is -2.44. The molecule has 0 heterocycles. The van der Waals surface area contributed by atoms with Crippen molar-refractivity contribution in [3.63, 3.8) is 0 Å². The molecule has 0 saturated carbocycles. The van der Waals surface area contributed by atoms with Gasteiger partial charge in [-0.1, -0.05) is 61.4 Å². The van der Waals surface area contributed by atoms with Gasteiger partial charge in [0.25, 0.3) is 0 Å². The summed E-state index contributed by atoms with van der Waals surface area (Å²) in [4.78, 5) is 13.2. The highest BCUT2D eigenvalue weighted by Crippen LogP contribution is 2.51. The first kappa shape index (κ1) is 16.7. The molecule has 2 aromatic carbocycles. The fourth-order valence-corrected chi connectivity index (χ4v) is 3.94. The lowest BCUT2D eigenvalue weighted by Gasteiger charge is -2.30. The minimum Gasteiger partial charge on any atom is -0.396 e. The van der Waals surface area contributed by atoms with Crippen molar-refractivity contribution in [2.75, 3.05) is 13.2 Å². The number of carbonyl (C=O) groups excluding carboxylic acids is 1. The summed E-state index contributed by atoms with van der Waals surface area (Å²) < 4.78 is 0. The van der Waals surface area contributed by atoms with Gasteiger partial charge in [-0.15, -0.1) is 0 Å². The third kappa shape index (κ3) is 2.63. The fraction of sp³-hybridized carbons (Fsp3) is 0.381. The number of hydrogen-bond donors (Lipinski definition) is 2. The molecule has 24 heavy (non-hydrogen) atoms. The van der Waals surface area contributed by atoms with Crippen molar-refractivity contribution in [2.24, 2.45) is 0 Å². The number of hydrogen-bond acceptors (Lipinski definition) is 2. The van der Waals surface area contributed by atoms with Crippen LogP contribution in [0.3, 0.4) is 0 Å². The number of unbranched alkanes of at least 4 members (excludes halogenated alkanes) is 2. The van der Waals surface area contributed by atoms with Gasteiger partial charge in [0.15, 0.2) is 0 Å².